The number of nitrogens with one attached hydrogen (secondary N) is 2. The predicted octanol–water partition coefficient (Wildman–Crippen LogP) is 2.66. The van der Waals surface area contributed by atoms with Crippen LogP contribution in [0.1, 0.15) is 24.8 Å². The highest BCUT2D eigenvalue weighted by Crippen LogP contribution is 2.19. The molecule has 1 fully saturated rings. The number of piperidine rings is 1. The molecule has 0 radical (unpaired) electrons. The van der Waals surface area contributed by atoms with E-state index in [1.165, 1.54) is 50.0 Å². The minimum atomic E-state index is 0.930. The molecule has 1 aromatic rings. The lowest BCUT2D eigenvalue weighted by atomic mass is 9.91. The minimum absolute atomic E-state index is 0.930. The fourth-order valence-corrected chi connectivity index (χ4v) is 2.42. The van der Waals surface area contributed by atoms with Gasteiger partial charge in [0, 0.05) is 12.7 Å². The molecule has 2 nitrogen and oxygen atoms in total. The molecule has 0 unspecified atom stereocenters. The Labute approximate surface area is 98.4 Å². The Morgan fingerprint density at radius 2 is 2.12 bits per heavy atom. The Hall–Kier alpha value is -1.02. The fraction of sp³-hybridized carbons (Fsp3) is 0.571. The van der Waals surface area contributed by atoms with Gasteiger partial charge in [0.15, 0.2) is 0 Å². The number of rotatable bonds is 4. The number of hydrogen-bond acceptors (Lipinski definition) is 2. The first-order valence-electron chi connectivity index (χ1n) is 6.36. The first kappa shape index (κ1) is 11.5. The topological polar surface area (TPSA) is 24.1 Å². The van der Waals surface area contributed by atoms with Crippen LogP contribution >= 0.6 is 0 Å². The molecule has 0 bridgehead atoms. The Morgan fingerprint density at radius 1 is 1.31 bits per heavy atom. The molecular weight excluding hydrogens is 196 g/mol. The van der Waals surface area contributed by atoms with Gasteiger partial charge in [-0.05, 0) is 62.4 Å². The maximum absolute atomic E-state index is 3.42. The van der Waals surface area contributed by atoms with E-state index in [0.29, 0.717) is 0 Å². The van der Waals surface area contributed by atoms with Crippen molar-refractivity contribution in [1.82, 2.24) is 5.32 Å². The van der Waals surface area contributed by atoms with Gasteiger partial charge >= 0.3 is 0 Å². The maximum atomic E-state index is 3.42. The molecule has 1 aromatic carbocycles. The highest BCUT2D eigenvalue weighted by molar-refractivity contribution is 5.44. The van der Waals surface area contributed by atoms with Crippen molar-refractivity contribution in [2.24, 2.45) is 5.92 Å². The largest absolute Gasteiger partial charge is 0.388 e. The second-order valence-electron chi connectivity index (χ2n) is 4.68. The fourth-order valence-electron chi connectivity index (χ4n) is 2.42. The molecule has 1 aliphatic rings. The van der Waals surface area contributed by atoms with Gasteiger partial charge in [0.25, 0.3) is 0 Å². The minimum Gasteiger partial charge on any atom is -0.388 e. The van der Waals surface area contributed by atoms with Crippen LogP contribution in [0.15, 0.2) is 24.3 Å². The monoisotopic (exact) mass is 218 g/mol. The zero-order valence-corrected chi connectivity index (χ0v) is 10.1. The first-order chi connectivity index (χ1) is 7.88. The van der Waals surface area contributed by atoms with Crippen molar-refractivity contribution >= 4 is 5.69 Å². The van der Waals surface area contributed by atoms with Crippen molar-refractivity contribution in [3.8, 4) is 0 Å². The predicted molar refractivity (Wildman–Crippen MR) is 69.9 cm³/mol. The third-order valence-corrected chi connectivity index (χ3v) is 3.52. The summed E-state index contributed by atoms with van der Waals surface area (Å²) in [6.07, 6.45) is 5.27. The molecule has 1 saturated heterocycles. The van der Waals surface area contributed by atoms with E-state index in [9.17, 15) is 0 Å². The van der Waals surface area contributed by atoms with E-state index >= 15 is 0 Å². The van der Waals surface area contributed by atoms with Crippen LogP contribution in [0.3, 0.4) is 0 Å². The van der Waals surface area contributed by atoms with Crippen LogP contribution in [0, 0.1) is 5.92 Å². The molecule has 0 saturated carbocycles. The second kappa shape index (κ2) is 5.90. The highest BCUT2D eigenvalue weighted by Gasteiger charge is 2.12. The summed E-state index contributed by atoms with van der Waals surface area (Å²) in [7, 11) is 1.98. The summed E-state index contributed by atoms with van der Waals surface area (Å²) in [6, 6.07) is 8.76. The Balaban J connectivity index is 1.83. The summed E-state index contributed by atoms with van der Waals surface area (Å²) in [5, 5.41) is 6.62. The third kappa shape index (κ3) is 3.24. The van der Waals surface area contributed by atoms with Crippen molar-refractivity contribution in [3.63, 3.8) is 0 Å². The van der Waals surface area contributed by atoms with E-state index in [4.69, 9.17) is 0 Å². The average Bonchev–Trinajstić information content (AvgIpc) is 2.38. The zero-order chi connectivity index (χ0) is 11.2. The van der Waals surface area contributed by atoms with Gasteiger partial charge in [-0.15, -0.1) is 0 Å². The summed E-state index contributed by atoms with van der Waals surface area (Å²) >= 11 is 0. The number of hydrogen-bond donors (Lipinski definition) is 2. The summed E-state index contributed by atoms with van der Waals surface area (Å²) in [6.45, 7) is 2.42. The molecule has 0 amide bonds. The van der Waals surface area contributed by atoms with Gasteiger partial charge in [-0.1, -0.05) is 12.1 Å². The van der Waals surface area contributed by atoms with Gasteiger partial charge in [0.1, 0.15) is 0 Å². The standard InChI is InChI=1S/C14H22N2/c1-15-14-4-2-3-13(11-14)6-5-12-7-9-16-10-8-12/h2-4,11-12,15-16H,5-10H2,1H3. The molecule has 0 spiro atoms. The van der Waals surface area contributed by atoms with E-state index in [-0.39, 0.29) is 0 Å². The van der Waals surface area contributed by atoms with E-state index < -0.39 is 0 Å². The normalized spacial score (nSPS) is 17.3. The van der Waals surface area contributed by atoms with Crippen LogP contribution in [0.2, 0.25) is 0 Å². The van der Waals surface area contributed by atoms with Crippen molar-refractivity contribution in [3.05, 3.63) is 29.8 Å². The average molecular weight is 218 g/mol. The van der Waals surface area contributed by atoms with Gasteiger partial charge in [0.05, 0.1) is 0 Å². The maximum Gasteiger partial charge on any atom is 0.0340 e. The molecular formula is C14H22N2. The van der Waals surface area contributed by atoms with Gasteiger partial charge < -0.3 is 10.6 Å². The molecule has 16 heavy (non-hydrogen) atoms. The van der Waals surface area contributed by atoms with Gasteiger partial charge in [0.2, 0.25) is 0 Å². The number of aryl methyl sites for hydroxylation is 1. The molecule has 88 valence electrons. The van der Waals surface area contributed by atoms with Gasteiger partial charge in [-0.25, -0.2) is 0 Å². The van der Waals surface area contributed by atoms with E-state index in [1.54, 1.807) is 0 Å². The Morgan fingerprint density at radius 3 is 2.88 bits per heavy atom. The third-order valence-electron chi connectivity index (χ3n) is 3.52. The second-order valence-corrected chi connectivity index (χ2v) is 4.68. The van der Waals surface area contributed by atoms with Crippen LogP contribution in [-0.4, -0.2) is 20.1 Å². The van der Waals surface area contributed by atoms with E-state index in [1.807, 2.05) is 7.05 Å². The molecule has 2 heteroatoms. The van der Waals surface area contributed by atoms with Gasteiger partial charge in [-0.2, -0.15) is 0 Å². The highest BCUT2D eigenvalue weighted by atomic mass is 14.9. The van der Waals surface area contributed by atoms with Crippen LogP contribution in [0.25, 0.3) is 0 Å². The van der Waals surface area contributed by atoms with Crippen LogP contribution < -0.4 is 10.6 Å². The smallest absolute Gasteiger partial charge is 0.0340 e. The van der Waals surface area contributed by atoms with E-state index in [2.05, 4.69) is 34.9 Å². The number of anilines is 1. The van der Waals surface area contributed by atoms with Crippen LogP contribution in [-0.2, 0) is 6.42 Å². The van der Waals surface area contributed by atoms with Crippen molar-refractivity contribution in [1.29, 1.82) is 0 Å². The summed E-state index contributed by atoms with van der Waals surface area (Å²) in [5.74, 6) is 0.930. The quantitative estimate of drug-likeness (QED) is 0.812. The summed E-state index contributed by atoms with van der Waals surface area (Å²) in [5.41, 5.74) is 2.69. The van der Waals surface area contributed by atoms with Crippen molar-refractivity contribution in [2.75, 3.05) is 25.5 Å². The molecule has 1 aliphatic heterocycles. The van der Waals surface area contributed by atoms with Crippen LogP contribution in [0.5, 0.6) is 0 Å². The van der Waals surface area contributed by atoms with Crippen molar-refractivity contribution in [2.45, 2.75) is 25.7 Å². The molecule has 0 aromatic heterocycles. The molecule has 1 heterocycles. The van der Waals surface area contributed by atoms with E-state index in [0.717, 1.165) is 5.92 Å². The molecule has 2 rings (SSSR count). The lowest BCUT2D eigenvalue weighted by Crippen LogP contribution is -2.27. The lowest BCUT2D eigenvalue weighted by molar-refractivity contribution is 0.354. The Kier molecular flexibility index (Phi) is 4.23. The molecule has 2 N–H and O–H groups in total. The summed E-state index contributed by atoms with van der Waals surface area (Å²) in [4.78, 5) is 0. The first-order valence-corrected chi connectivity index (χ1v) is 6.36. The zero-order valence-electron chi connectivity index (χ0n) is 10.1. The number of benzene rings is 1. The Bertz CT molecular complexity index is 316. The van der Waals surface area contributed by atoms with Crippen LogP contribution in [0.4, 0.5) is 5.69 Å². The lowest BCUT2D eigenvalue weighted by Gasteiger charge is -2.22. The molecule has 0 aliphatic carbocycles. The SMILES string of the molecule is CNc1cccc(CCC2CCNCC2)c1. The van der Waals surface area contributed by atoms with Crippen molar-refractivity contribution < 1.29 is 0 Å². The molecule has 0 atom stereocenters. The summed E-state index contributed by atoms with van der Waals surface area (Å²) < 4.78 is 0. The van der Waals surface area contributed by atoms with Gasteiger partial charge in [-0.3, -0.25) is 0 Å².